The third kappa shape index (κ3) is 2.33. The molecule has 0 saturated carbocycles. The Morgan fingerprint density at radius 3 is 2.72 bits per heavy atom. The number of benzene rings is 1. The molecule has 96 valence electrons. The van der Waals surface area contributed by atoms with Gasteiger partial charge in [-0.1, -0.05) is 6.07 Å². The van der Waals surface area contributed by atoms with Crippen molar-refractivity contribution >= 4 is 23.3 Å². The lowest BCUT2D eigenvalue weighted by molar-refractivity contribution is 0.461. The molecule has 2 heterocycles. The van der Waals surface area contributed by atoms with Crippen LogP contribution in [0.3, 0.4) is 0 Å². The highest BCUT2D eigenvalue weighted by atomic mass is 35.5. The van der Waals surface area contributed by atoms with Crippen LogP contribution in [-0.4, -0.2) is 18.1 Å². The minimum Gasteiger partial charge on any atom is -0.317 e. The molecule has 1 saturated heterocycles. The standard InChI is InChI=1S/C14H15FN2.ClH/c15-13-4-3-11(10-5-8-16-9-6-10)14-12(13)2-1-7-17-14;/h1-4,7,10,16H,5-6,8-9H2;1H. The first-order valence-corrected chi connectivity index (χ1v) is 6.10. The van der Waals surface area contributed by atoms with Gasteiger partial charge in [-0.15, -0.1) is 12.4 Å². The van der Waals surface area contributed by atoms with Gasteiger partial charge in [0, 0.05) is 11.6 Å². The van der Waals surface area contributed by atoms with Crippen molar-refractivity contribution in [3.63, 3.8) is 0 Å². The van der Waals surface area contributed by atoms with Crippen molar-refractivity contribution in [1.29, 1.82) is 0 Å². The fourth-order valence-corrected chi connectivity index (χ4v) is 2.62. The molecule has 0 radical (unpaired) electrons. The molecule has 4 heteroatoms. The molecule has 1 aliphatic heterocycles. The zero-order chi connectivity index (χ0) is 11.7. The first kappa shape index (κ1) is 13.2. The largest absolute Gasteiger partial charge is 0.317 e. The topological polar surface area (TPSA) is 24.9 Å². The second kappa shape index (κ2) is 5.63. The quantitative estimate of drug-likeness (QED) is 0.857. The van der Waals surface area contributed by atoms with E-state index in [1.807, 2.05) is 12.1 Å². The monoisotopic (exact) mass is 266 g/mol. The van der Waals surface area contributed by atoms with Crippen molar-refractivity contribution < 1.29 is 4.39 Å². The SMILES string of the molecule is Cl.Fc1ccc(C2CCNCC2)c2ncccc12. The average molecular weight is 267 g/mol. The van der Waals surface area contributed by atoms with Crippen molar-refractivity contribution in [2.45, 2.75) is 18.8 Å². The molecule has 0 spiro atoms. The predicted molar refractivity (Wildman–Crippen MR) is 73.8 cm³/mol. The first-order chi connectivity index (χ1) is 8.36. The predicted octanol–water partition coefficient (Wildman–Crippen LogP) is 3.26. The van der Waals surface area contributed by atoms with Crippen molar-refractivity contribution in [2.24, 2.45) is 0 Å². The van der Waals surface area contributed by atoms with E-state index in [1.165, 1.54) is 5.56 Å². The lowest BCUT2D eigenvalue weighted by Crippen LogP contribution is -2.26. The molecule has 2 nitrogen and oxygen atoms in total. The van der Waals surface area contributed by atoms with Crippen LogP contribution in [0.4, 0.5) is 4.39 Å². The molecule has 1 N–H and O–H groups in total. The average Bonchev–Trinajstić information content (AvgIpc) is 2.41. The van der Waals surface area contributed by atoms with Crippen molar-refractivity contribution in [1.82, 2.24) is 10.3 Å². The van der Waals surface area contributed by atoms with Crippen LogP contribution < -0.4 is 5.32 Å². The Balaban J connectivity index is 0.00000120. The van der Waals surface area contributed by atoms with Gasteiger partial charge in [-0.05, 0) is 55.6 Å². The third-order valence-corrected chi connectivity index (χ3v) is 3.53. The molecule has 2 aromatic rings. The molecule has 1 aromatic heterocycles. The number of piperidine rings is 1. The lowest BCUT2D eigenvalue weighted by atomic mass is 9.88. The van der Waals surface area contributed by atoms with E-state index in [0.29, 0.717) is 11.3 Å². The van der Waals surface area contributed by atoms with Crippen molar-refractivity contribution in [3.8, 4) is 0 Å². The number of halogens is 2. The van der Waals surface area contributed by atoms with E-state index in [4.69, 9.17) is 0 Å². The van der Waals surface area contributed by atoms with Crippen LogP contribution in [0, 0.1) is 5.82 Å². The molecule has 1 aromatic carbocycles. The lowest BCUT2D eigenvalue weighted by Gasteiger charge is -2.23. The molecular weight excluding hydrogens is 251 g/mol. The van der Waals surface area contributed by atoms with Gasteiger partial charge in [-0.2, -0.15) is 0 Å². The number of aromatic nitrogens is 1. The molecule has 0 unspecified atom stereocenters. The van der Waals surface area contributed by atoms with Crippen molar-refractivity contribution in [3.05, 3.63) is 41.8 Å². The van der Waals surface area contributed by atoms with Crippen LogP contribution in [0.5, 0.6) is 0 Å². The normalized spacial score (nSPS) is 16.5. The Kier molecular flexibility index (Phi) is 4.15. The summed E-state index contributed by atoms with van der Waals surface area (Å²) in [5, 5.41) is 3.99. The maximum atomic E-state index is 13.7. The first-order valence-electron chi connectivity index (χ1n) is 6.10. The summed E-state index contributed by atoms with van der Waals surface area (Å²) in [4.78, 5) is 4.36. The Morgan fingerprint density at radius 1 is 1.17 bits per heavy atom. The highest BCUT2D eigenvalue weighted by Crippen LogP contribution is 2.31. The van der Waals surface area contributed by atoms with E-state index in [-0.39, 0.29) is 18.2 Å². The summed E-state index contributed by atoms with van der Waals surface area (Å²) >= 11 is 0. The second-order valence-corrected chi connectivity index (χ2v) is 4.56. The van der Waals surface area contributed by atoms with Crippen LogP contribution in [0.25, 0.3) is 10.9 Å². The Labute approximate surface area is 112 Å². The maximum Gasteiger partial charge on any atom is 0.132 e. The highest BCUT2D eigenvalue weighted by Gasteiger charge is 2.18. The number of hydrogen-bond acceptors (Lipinski definition) is 2. The molecule has 0 aliphatic carbocycles. The van der Waals surface area contributed by atoms with Gasteiger partial charge in [0.25, 0.3) is 0 Å². The number of rotatable bonds is 1. The van der Waals surface area contributed by atoms with Crippen LogP contribution in [0.1, 0.15) is 24.3 Å². The number of hydrogen-bond donors (Lipinski definition) is 1. The molecular formula is C14H16ClFN2. The molecule has 3 rings (SSSR count). The molecule has 18 heavy (non-hydrogen) atoms. The van der Waals surface area contributed by atoms with Gasteiger partial charge in [0.05, 0.1) is 5.52 Å². The molecule has 0 amide bonds. The third-order valence-electron chi connectivity index (χ3n) is 3.53. The van der Waals surface area contributed by atoms with Crippen LogP contribution in [0.2, 0.25) is 0 Å². The van der Waals surface area contributed by atoms with E-state index in [0.717, 1.165) is 31.4 Å². The van der Waals surface area contributed by atoms with E-state index < -0.39 is 0 Å². The highest BCUT2D eigenvalue weighted by molar-refractivity contribution is 5.85. The van der Waals surface area contributed by atoms with Crippen molar-refractivity contribution in [2.75, 3.05) is 13.1 Å². The summed E-state index contributed by atoms with van der Waals surface area (Å²) in [6, 6.07) is 7.07. The number of nitrogens with zero attached hydrogens (tertiary/aromatic N) is 1. The molecule has 0 atom stereocenters. The van der Waals surface area contributed by atoms with Crippen LogP contribution >= 0.6 is 12.4 Å². The fourth-order valence-electron chi connectivity index (χ4n) is 2.62. The molecule has 1 aliphatic rings. The Bertz CT molecular complexity index is 538. The minimum atomic E-state index is -0.175. The summed E-state index contributed by atoms with van der Waals surface area (Å²) < 4.78 is 13.7. The zero-order valence-corrected chi connectivity index (χ0v) is 10.8. The minimum absolute atomic E-state index is 0. The summed E-state index contributed by atoms with van der Waals surface area (Å²) in [5.41, 5.74) is 2.03. The summed E-state index contributed by atoms with van der Waals surface area (Å²) in [6.45, 7) is 2.08. The second-order valence-electron chi connectivity index (χ2n) is 4.56. The van der Waals surface area contributed by atoms with Gasteiger partial charge in [0.1, 0.15) is 5.82 Å². The van der Waals surface area contributed by atoms with Gasteiger partial charge >= 0.3 is 0 Å². The fraction of sp³-hybridized carbons (Fsp3) is 0.357. The number of pyridine rings is 1. The summed E-state index contributed by atoms with van der Waals surface area (Å²) in [6.07, 6.45) is 3.96. The smallest absolute Gasteiger partial charge is 0.132 e. The van der Waals surface area contributed by atoms with Gasteiger partial charge in [-0.25, -0.2) is 4.39 Å². The van der Waals surface area contributed by atoms with Gasteiger partial charge in [0.2, 0.25) is 0 Å². The Hall–Kier alpha value is -1.19. The Morgan fingerprint density at radius 2 is 1.94 bits per heavy atom. The zero-order valence-electron chi connectivity index (χ0n) is 10.0. The summed E-state index contributed by atoms with van der Waals surface area (Å²) in [5.74, 6) is 0.333. The maximum absolute atomic E-state index is 13.7. The number of fused-ring (bicyclic) bond motifs is 1. The molecule has 0 bridgehead atoms. The van der Waals surface area contributed by atoms with Crippen LogP contribution in [-0.2, 0) is 0 Å². The van der Waals surface area contributed by atoms with Gasteiger partial charge < -0.3 is 5.32 Å². The van der Waals surface area contributed by atoms with E-state index in [9.17, 15) is 4.39 Å². The number of nitrogens with one attached hydrogen (secondary N) is 1. The van der Waals surface area contributed by atoms with Crippen LogP contribution in [0.15, 0.2) is 30.5 Å². The van der Waals surface area contributed by atoms with E-state index in [1.54, 1.807) is 18.3 Å². The summed E-state index contributed by atoms with van der Waals surface area (Å²) in [7, 11) is 0. The van der Waals surface area contributed by atoms with E-state index >= 15 is 0 Å². The van der Waals surface area contributed by atoms with Gasteiger partial charge in [-0.3, -0.25) is 4.98 Å². The van der Waals surface area contributed by atoms with E-state index in [2.05, 4.69) is 10.3 Å². The van der Waals surface area contributed by atoms with Gasteiger partial charge in [0.15, 0.2) is 0 Å². The molecule has 1 fully saturated rings.